The smallest absolute Gasteiger partial charge is 0.335 e. The Hall–Kier alpha value is -0.570. The van der Waals surface area contributed by atoms with E-state index in [4.69, 9.17) is 4.74 Å². The minimum Gasteiger partial charge on any atom is -0.467 e. The molecule has 0 aromatic heterocycles. The standard InChI is InChI=1S/C8H12O3/c1-10-8(9)7-6-3-2-5(6)4-11-7/h5-7H,2-4H2,1H3/t5-,6-,7-/m1/s1. The zero-order valence-corrected chi connectivity index (χ0v) is 6.58. The molecule has 3 nitrogen and oxygen atoms in total. The zero-order valence-electron chi connectivity index (χ0n) is 6.58. The Labute approximate surface area is 65.7 Å². The second-order valence-corrected chi connectivity index (χ2v) is 3.28. The van der Waals surface area contributed by atoms with Crippen molar-refractivity contribution in [1.29, 1.82) is 0 Å². The number of rotatable bonds is 1. The van der Waals surface area contributed by atoms with Crippen LogP contribution in [0.5, 0.6) is 0 Å². The van der Waals surface area contributed by atoms with Crippen molar-refractivity contribution in [1.82, 2.24) is 0 Å². The molecule has 62 valence electrons. The molecule has 1 heterocycles. The Morgan fingerprint density at radius 1 is 1.55 bits per heavy atom. The van der Waals surface area contributed by atoms with E-state index in [0.29, 0.717) is 11.8 Å². The van der Waals surface area contributed by atoms with Crippen molar-refractivity contribution >= 4 is 5.97 Å². The average molecular weight is 156 g/mol. The molecule has 2 aliphatic rings. The molecule has 2 fully saturated rings. The summed E-state index contributed by atoms with van der Waals surface area (Å²) >= 11 is 0. The van der Waals surface area contributed by atoms with Crippen molar-refractivity contribution < 1.29 is 14.3 Å². The molecule has 0 radical (unpaired) electrons. The van der Waals surface area contributed by atoms with Crippen molar-refractivity contribution in [2.75, 3.05) is 13.7 Å². The first-order valence-electron chi connectivity index (χ1n) is 4.02. The monoisotopic (exact) mass is 156 g/mol. The van der Waals surface area contributed by atoms with E-state index >= 15 is 0 Å². The number of methoxy groups -OCH3 is 1. The number of esters is 1. The van der Waals surface area contributed by atoms with Crippen LogP contribution in [0.2, 0.25) is 0 Å². The van der Waals surface area contributed by atoms with Gasteiger partial charge < -0.3 is 9.47 Å². The fourth-order valence-electron chi connectivity index (χ4n) is 1.91. The third kappa shape index (κ3) is 0.948. The van der Waals surface area contributed by atoms with Crippen LogP contribution in [0.3, 0.4) is 0 Å². The Morgan fingerprint density at radius 2 is 2.36 bits per heavy atom. The van der Waals surface area contributed by atoms with Gasteiger partial charge >= 0.3 is 5.97 Å². The van der Waals surface area contributed by atoms with Crippen LogP contribution in [0.4, 0.5) is 0 Å². The van der Waals surface area contributed by atoms with E-state index < -0.39 is 0 Å². The molecule has 1 aliphatic heterocycles. The molecule has 0 N–H and O–H groups in total. The van der Waals surface area contributed by atoms with Gasteiger partial charge in [-0.25, -0.2) is 4.79 Å². The highest BCUT2D eigenvalue weighted by Gasteiger charge is 2.47. The molecule has 0 amide bonds. The van der Waals surface area contributed by atoms with Crippen LogP contribution in [0.25, 0.3) is 0 Å². The first-order valence-corrected chi connectivity index (χ1v) is 4.02. The predicted octanol–water partition coefficient (Wildman–Crippen LogP) is 0.584. The average Bonchev–Trinajstić information content (AvgIpc) is 2.25. The molecule has 0 aromatic carbocycles. The van der Waals surface area contributed by atoms with Crippen molar-refractivity contribution in [3.05, 3.63) is 0 Å². The minimum absolute atomic E-state index is 0.197. The Balaban J connectivity index is 2.00. The number of fused-ring (bicyclic) bond motifs is 1. The van der Waals surface area contributed by atoms with E-state index in [1.54, 1.807) is 0 Å². The van der Waals surface area contributed by atoms with Gasteiger partial charge in [-0.05, 0) is 18.8 Å². The van der Waals surface area contributed by atoms with Gasteiger partial charge in [0, 0.05) is 5.92 Å². The van der Waals surface area contributed by atoms with Crippen molar-refractivity contribution in [2.45, 2.75) is 18.9 Å². The molecule has 0 aromatic rings. The normalized spacial score (nSPS) is 41.0. The quantitative estimate of drug-likeness (QED) is 0.521. The second-order valence-electron chi connectivity index (χ2n) is 3.28. The van der Waals surface area contributed by atoms with Crippen LogP contribution in [0.15, 0.2) is 0 Å². The molecule has 0 unspecified atom stereocenters. The summed E-state index contributed by atoms with van der Waals surface area (Å²) in [6, 6.07) is 0. The fraction of sp³-hybridized carbons (Fsp3) is 0.875. The summed E-state index contributed by atoms with van der Waals surface area (Å²) in [6.45, 7) is 0.754. The molecule has 1 aliphatic carbocycles. The Bertz CT molecular complexity index is 178. The van der Waals surface area contributed by atoms with E-state index in [1.807, 2.05) is 0 Å². The molecule has 0 bridgehead atoms. The molecular formula is C8H12O3. The van der Waals surface area contributed by atoms with Gasteiger partial charge in [-0.15, -0.1) is 0 Å². The number of ether oxygens (including phenoxy) is 2. The number of carbonyl (C=O) groups excluding carboxylic acids is 1. The highest BCUT2D eigenvalue weighted by molar-refractivity contribution is 5.75. The number of hydrogen-bond donors (Lipinski definition) is 0. The zero-order chi connectivity index (χ0) is 7.84. The Morgan fingerprint density at radius 3 is 2.82 bits per heavy atom. The molecule has 2 rings (SSSR count). The van der Waals surface area contributed by atoms with Gasteiger partial charge in [0.15, 0.2) is 6.10 Å². The first-order chi connectivity index (χ1) is 5.33. The topological polar surface area (TPSA) is 35.5 Å². The van der Waals surface area contributed by atoms with Crippen LogP contribution in [0, 0.1) is 11.8 Å². The van der Waals surface area contributed by atoms with Gasteiger partial charge in [-0.3, -0.25) is 0 Å². The molecular weight excluding hydrogens is 144 g/mol. The highest BCUT2D eigenvalue weighted by Crippen LogP contribution is 2.43. The van der Waals surface area contributed by atoms with Crippen LogP contribution in [-0.4, -0.2) is 25.8 Å². The van der Waals surface area contributed by atoms with E-state index in [0.717, 1.165) is 13.0 Å². The SMILES string of the molecule is COC(=O)[C@@H]1OC[C@H]2CC[C@H]21. The van der Waals surface area contributed by atoms with Gasteiger partial charge in [-0.2, -0.15) is 0 Å². The molecule has 3 heteroatoms. The largest absolute Gasteiger partial charge is 0.467 e. The lowest BCUT2D eigenvalue weighted by molar-refractivity contribution is -0.153. The van der Waals surface area contributed by atoms with Crippen LogP contribution in [0.1, 0.15) is 12.8 Å². The summed E-state index contributed by atoms with van der Waals surface area (Å²) in [5, 5.41) is 0. The van der Waals surface area contributed by atoms with Crippen molar-refractivity contribution in [3.63, 3.8) is 0 Å². The van der Waals surface area contributed by atoms with Gasteiger partial charge in [0.25, 0.3) is 0 Å². The predicted molar refractivity (Wildman–Crippen MR) is 38.0 cm³/mol. The maximum atomic E-state index is 11.1. The third-order valence-corrected chi connectivity index (χ3v) is 2.79. The lowest BCUT2D eigenvalue weighted by atomic mass is 9.73. The van der Waals surface area contributed by atoms with Gasteiger partial charge in [0.1, 0.15) is 0 Å². The van der Waals surface area contributed by atoms with E-state index in [-0.39, 0.29) is 12.1 Å². The molecule has 0 spiro atoms. The van der Waals surface area contributed by atoms with E-state index in [2.05, 4.69) is 4.74 Å². The fourth-order valence-corrected chi connectivity index (χ4v) is 1.91. The van der Waals surface area contributed by atoms with Crippen LogP contribution < -0.4 is 0 Å². The van der Waals surface area contributed by atoms with Gasteiger partial charge in [0.2, 0.25) is 0 Å². The summed E-state index contributed by atoms with van der Waals surface area (Å²) in [6.07, 6.45) is 2.10. The molecule has 1 saturated carbocycles. The molecule has 3 atom stereocenters. The highest BCUT2D eigenvalue weighted by atomic mass is 16.6. The summed E-state index contributed by atoms with van der Waals surface area (Å²) in [7, 11) is 1.41. The molecule has 11 heavy (non-hydrogen) atoms. The second kappa shape index (κ2) is 2.48. The summed E-state index contributed by atoms with van der Waals surface area (Å²) in [5.41, 5.74) is 0. The van der Waals surface area contributed by atoms with Gasteiger partial charge in [0.05, 0.1) is 13.7 Å². The summed E-state index contributed by atoms with van der Waals surface area (Å²) in [4.78, 5) is 11.1. The Kier molecular flexibility index (Phi) is 1.60. The minimum atomic E-state index is -0.251. The van der Waals surface area contributed by atoms with Crippen molar-refractivity contribution in [3.8, 4) is 0 Å². The van der Waals surface area contributed by atoms with Gasteiger partial charge in [-0.1, -0.05) is 0 Å². The maximum Gasteiger partial charge on any atom is 0.335 e. The summed E-state index contributed by atoms with van der Waals surface area (Å²) < 4.78 is 9.94. The first kappa shape index (κ1) is 7.10. The van der Waals surface area contributed by atoms with E-state index in [1.165, 1.54) is 13.5 Å². The summed E-state index contributed by atoms with van der Waals surface area (Å²) in [5.74, 6) is 0.902. The van der Waals surface area contributed by atoms with Crippen molar-refractivity contribution in [2.24, 2.45) is 11.8 Å². The lowest BCUT2D eigenvalue weighted by Gasteiger charge is -2.30. The maximum absolute atomic E-state index is 11.1. The lowest BCUT2D eigenvalue weighted by Crippen LogP contribution is -2.35. The number of carbonyl (C=O) groups is 1. The molecule has 1 saturated heterocycles. The van der Waals surface area contributed by atoms with Crippen LogP contribution >= 0.6 is 0 Å². The third-order valence-electron chi connectivity index (χ3n) is 2.79. The van der Waals surface area contributed by atoms with E-state index in [9.17, 15) is 4.79 Å². The number of hydrogen-bond acceptors (Lipinski definition) is 3. The van der Waals surface area contributed by atoms with Crippen LogP contribution in [-0.2, 0) is 14.3 Å².